The quantitative estimate of drug-likeness (QED) is 0.738. The topological polar surface area (TPSA) is 51.0 Å². The molecule has 21 heavy (non-hydrogen) atoms. The van der Waals surface area contributed by atoms with Crippen LogP contribution in [0.4, 0.5) is 5.69 Å². The molecule has 0 aliphatic rings. The summed E-state index contributed by atoms with van der Waals surface area (Å²) in [6.45, 7) is 0. The largest absolute Gasteiger partial charge is 0.504 e. The second-order valence-corrected chi connectivity index (χ2v) is 5.74. The molecule has 0 aliphatic carbocycles. The molecule has 0 aromatic heterocycles. The summed E-state index contributed by atoms with van der Waals surface area (Å²) in [5.41, 5.74) is 1.29. The maximum absolute atomic E-state index is 10.2. The van der Waals surface area contributed by atoms with Crippen molar-refractivity contribution >= 4 is 43.8 Å². The van der Waals surface area contributed by atoms with E-state index < -0.39 is 0 Å². The standard InChI is InChI=1S/C15H13Br2NO3/c1-20-10-5-3-9(4-6-10)18-8-11-14(17)12(16)7-13(21-2)15(11)19/h3-8,19H,1-2H3. The lowest BCUT2D eigenvalue weighted by atomic mass is 10.2. The van der Waals surface area contributed by atoms with Crippen LogP contribution >= 0.6 is 31.9 Å². The monoisotopic (exact) mass is 413 g/mol. The molecule has 0 saturated heterocycles. The number of halogens is 2. The average molecular weight is 415 g/mol. The summed E-state index contributed by atoms with van der Waals surface area (Å²) in [5.74, 6) is 1.17. The van der Waals surface area contributed by atoms with Gasteiger partial charge in [0.2, 0.25) is 0 Å². The number of phenolic OH excluding ortho intramolecular Hbond substituents is 1. The number of rotatable bonds is 4. The molecule has 110 valence electrons. The fourth-order valence-electron chi connectivity index (χ4n) is 1.69. The normalized spacial score (nSPS) is 10.9. The van der Waals surface area contributed by atoms with Gasteiger partial charge in [-0.3, -0.25) is 4.99 Å². The van der Waals surface area contributed by atoms with Gasteiger partial charge in [-0.05, 0) is 62.2 Å². The van der Waals surface area contributed by atoms with Crippen molar-refractivity contribution in [3.8, 4) is 17.2 Å². The first-order valence-corrected chi connectivity index (χ1v) is 7.58. The average Bonchev–Trinajstić information content (AvgIpc) is 2.51. The molecule has 1 N–H and O–H groups in total. The van der Waals surface area contributed by atoms with Crippen molar-refractivity contribution in [1.82, 2.24) is 0 Å². The van der Waals surface area contributed by atoms with Crippen molar-refractivity contribution in [3.05, 3.63) is 44.8 Å². The molecule has 0 unspecified atom stereocenters. The fraction of sp³-hybridized carbons (Fsp3) is 0.133. The van der Waals surface area contributed by atoms with Crippen molar-refractivity contribution in [2.75, 3.05) is 14.2 Å². The third-order valence-electron chi connectivity index (χ3n) is 2.83. The van der Waals surface area contributed by atoms with Gasteiger partial charge in [0.25, 0.3) is 0 Å². The molecule has 2 rings (SSSR count). The van der Waals surface area contributed by atoms with Gasteiger partial charge in [0.1, 0.15) is 5.75 Å². The molecule has 6 heteroatoms. The third kappa shape index (κ3) is 3.57. The Bertz CT molecular complexity index is 670. The summed E-state index contributed by atoms with van der Waals surface area (Å²) >= 11 is 6.82. The zero-order chi connectivity index (χ0) is 15.4. The first-order valence-electron chi connectivity index (χ1n) is 6.00. The Hall–Kier alpha value is -1.53. The van der Waals surface area contributed by atoms with Crippen LogP contribution in [0.5, 0.6) is 17.2 Å². The second-order valence-electron chi connectivity index (χ2n) is 4.09. The summed E-state index contributed by atoms with van der Waals surface area (Å²) in [6.07, 6.45) is 1.58. The minimum atomic E-state index is 0.0323. The highest BCUT2D eigenvalue weighted by Gasteiger charge is 2.14. The Morgan fingerprint density at radius 3 is 2.33 bits per heavy atom. The van der Waals surface area contributed by atoms with Gasteiger partial charge in [-0.2, -0.15) is 0 Å². The highest BCUT2D eigenvalue weighted by molar-refractivity contribution is 9.13. The lowest BCUT2D eigenvalue weighted by Crippen LogP contribution is -1.91. The number of aromatic hydroxyl groups is 1. The van der Waals surface area contributed by atoms with Gasteiger partial charge in [0.05, 0.1) is 25.5 Å². The minimum Gasteiger partial charge on any atom is -0.504 e. The molecule has 0 amide bonds. The van der Waals surface area contributed by atoms with E-state index in [4.69, 9.17) is 9.47 Å². The molecule has 4 nitrogen and oxygen atoms in total. The zero-order valence-electron chi connectivity index (χ0n) is 11.4. The summed E-state index contributed by atoms with van der Waals surface area (Å²) in [4.78, 5) is 4.34. The van der Waals surface area contributed by atoms with E-state index in [0.29, 0.717) is 15.8 Å². The fourth-order valence-corrected chi connectivity index (χ4v) is 2.52. The van der Waals surface area contributed by atoms with Crippen molar-refractivity contribution in [3.63, 3.8) is 0 Å². The zero-order valence-corrected chi connectivity index (χ0v) is 14.6. The molecule has 0 saturated carbocycles. The van der Waals surface area contributed by atoms with Crippen LogP contribution in [0.25, 0.3) is 0 Å². The van der Waals surface area contributed by atoms with Crippen LogP contribution in [0.15, 0.2) is 44.3 Å². The highest BCUT2D eigenvalue weighted by atomic mass is 79.9. The molecule has 2 aromatic rings. The second kappa shape index (κ2) is 6.95. The number of hydrogen-bond donors (Lipinski definition) is 1. The smallest absolute Gasteiger partial charge is 0.167 e. The molecule has 0 aliphatic heterocycles. The molecule has 0 spiro atoms. The summed E-state index contributed by atoms with van der Waals surface area (Å²) in [5, 5.41) is 10.2. The number of aliphatic imine (C=N–C) groups is 1. The van der Waals surface area contributed by atoms with Crippen molar-refractivity contribution in [2.24, 2.45) is 4.99 Å². The van der Waals surface area contributed by atoms with E-state index in [1.807, 2.05) is 24.3 Å². The molecule has 0 fully saturated rings. The van der Waals surface area contributed by atoms with Crippen LogP contribution in [-0.2, 0) is 0 Å². The van der Waals surface area contributed by atoms with E-state index in [9.17, 15) is 5.11 Å². The van der Waals surface area contributed by atoms with E-state index in [1.165, 1.54) is 7.11 Å². The Morgan fingerprint density at radius 1 is 1.10 bits per heavy atom. The van der Waals surface area contributed by atoms with Gasteiger partial charge in [0, 0.05) is 15.2 Å². The number of hydrogen-bond acceptors (Lipinski definition) is 4. The van der Waals surface area contributed by atoms with Crippen LogP contribution in [0.2, 0.25) is 0 Å². The number of methoxy groups -OCH3 is 2. The summed E-state index contributed by atoms with van der Waals surface area (Å²) < 4.78 is 11.7. The van der Waals surface area contributed by atoms with Crippen molar-refractivity contribution in [1.29, 1.82) is 0 Å². The van der Waals surface area contributed by atoms with E-state index >= 15 is 0 Å². The van der Waals surface area contributed by atoms with Crippen molar-refractivity contribution in [2.45, 2.75) is 0 Å². The van der Waals surface area contributed by atoms with Gasteiger partial charge in [-0.1, -0.05) is 0 Å². The Balaban J connectivity index is 2.37. The number of nitrogens with zero attached hydrogens (tertiary/aromatic N) is 1. The van der Waals surface area contributed by atoms with E-state index in [-0.39, 0.29) is 5.75 Å². The van der Waals surface area contributed by atoms with Gasteiger partial charge in [0.15, 0.2) is 11.5 Å². The first-order chi connectivity index (χ1) is 10.1. The summed E-state index contributed by atoms with van der Waals surface area (Å²) in [6, 6.07) is 8.99. The van der Waals surface area contributed by atoms with Crippen LogP contribution < -0.4 is 9.47 Å². The predicted octanol–water partition coefficient (Wildman–Crippen LogP) is 4.69. The highest BCUT2D eigenvalue weighted by Crippen LogP contribution is 2.39. The predicted molar refractivity (Wildman–Crippen MR) is 90.3 cm³/mol. The van der Waals surface area contributed by atoms with Gasteiger partial charge >= 0.3 is 0 Å². The first kappa shape index (κ1) is 15.9. The van der Waals surface area contributed by atoms with E-state index in [2.05, 4.69) is 36.9 Å². The number of benzene rings is 2. The Labute approximate surface area is 139 Å². The van der Waals surface area contributed by atoms with Crippen LogP contribution in [-0.4, -0.2) is 25.5 Å². The molecule has 2 aromatic carbocycles. The Morgan fingerprint density at radius 2 is 1.76 bits per heavy atom. The maximum atomic E-state index is 10.2. The van der Waals surface area contributed by atoms with E-state index in [0.717, 1.165) is 15.9 Å². The van der Waals surface area contributed by atoms with Crippen LogP contribution in [0.1, 0.15) is 5.56 Å². The lowest BCUT2D eigenvalue weighted by molar-refractivity contribution is 0.372. The molecule has 0 bridgehead atoms. The van der Waals surface area contributed by atoms with Crippen LogP contribution in [0.3, 0.4) is 0 Å². The van der Waals surface area contributed by atoms with Gasteiger partial charge in [-0.15, -0.1) is 0 Å². The van der Waals surface area contributed by atoms with E-state index in [1.54, 1.807) is 19.4 Å². The maximum Gasteiger partial charge on any atom is 0.167 e. The lowest BCUT2D eigenvalue weighted by Gasteiger charge is -2.09. The van der Waals surface area contributed by atoms with Gasteiger partial charge < -0.3 is 14.6 Å². The molecule has 0 heterocycles. The van der Waals surface area contributed by atoms with Gasteiger partial charge in [-0.25, -0.2) is 0 Å². The Kier molecular flexibility index (Phi) is 5.25. The third-order valence-corrected chi connectivity index (χ3v) is 4.84. The minimum absolute atomic E-state index is 0.0323. The molecule has 0 atom stereocenters. The molecular formula is C15H13Br2NO3. The molecular weight excluding hydrogens is 402 g/mol. The summed E-state index contributed by atoms with van der Waals surface area (Å²) in [7, 11) is 3.11. The van der Waals surface area contributed by atoms with Crippen LogP contribution in [0, 0.1) is 0 Å². The molecule has 0 radical (unpaired) electrons. The number of phenols is 1. The van der Waals surface area contributed by atoms with Crippen molar-refractivity contribution < 1.29 is 14.6 Å². The SMILES string of the molecule is COc1ccc(N=Cc2c(O)c(OC)cc(Br)c2Br)cc1. The number of ether oxygens (including phenoxy) is 2.